The third-order valence-electron chi connectivity index (χ3n) is 2.58. The van der Waals surface area contributed by atoms with Gasteiger partial charge in [0, 0.05) is 28.7 Å². The summed E-state index contributed by atoms with van der Waals surface area (Å²) in [5.74, 6) is 0.597. The Morgan fingerprint density at radius 3 is 2.72 bits per heavy atom. The zero-order chi connectivity index (χ0) is 13.1. The molecule has 0 bridgehead atoms. The number of rotatable bonds is 3. The lowest BCUT2D eigenvalue weighted by Gasteiger charge is -2.09. The molecule has 5 heteroatoms. The summed E-state index contributed by atoms with van der Waals surface area (Å²) in [5.41, 5.74) is 14.1. The molecule has 1 heterocycles. The number of hydrogen-bond acceptors (Lipinski definition) is 5. The molecule has 0 spiro atoms. The minimum atomic E-state index is 0.270. The SMILES string of the molecule is COc1cncc(C(=N)c2cc(N)ccc2N)c1. The number of hydrogen-bond donors (Lipinski definition) is 3. The van der Waals surface area contributed by atoms with Crippen LogP contribution in [0.15, 0.2) is 36.7 Å². The van der Waals surface area contributed by atoms with Gasteiger partial charge in [-0.05, 0) is 24.3 Å². The van der Waals surface area contributed by atoms with Crippen LogP contribution in [0.25, 0.3) is 0 Å². The molecule has 0 aliphatic carbocycles. The zero-order valence-corrected chi connectivity index (χ0v) is 9.97. The number of aromatic nitrogens is 1. The fourth-order valence-corrected chi connectivity index (χ4v) is 1.61. The highest BCUT2D eigenvalue weighted by molar-refractivity contribution is 6.14. The van der Waals surface area contributed by atoms with E-state index in [0.29, 0.717) is 28.3 Å². The number of ether oxygens (including phenoxy) is 1. The van der Waals surface area contributed by atoms with E-state index in [9.17, 15) is 0 Å². The van der Waals surface area contributed by atoms with Crippen molar-refractivity contribution in [2.45, 2.75) is 0 Å². The summed E-state index contributed by atoms with van der Waals surface area (Å²) in [6.07, 6.45) is 3.17. The van der Waals surface area contributed by atoms with Crippen LogP contribution in [0.2, 0.25) is 0 Å². The highest BCUT2D eigenvalue weighted by Gasteiger charge is 2.10. The average Bonchev–Trinajstić information content (AvgIpc) is 2.41. The van der Waals surface area contributed by atoms with Gasteiger partial charge in [0.2, 0.25) is 0 Å². The molecule has 0 saturated heterocycles. The van der Waals surface area contributed by atoms with Gasteiger partial charge in [0.25, 0.3) is 0 Å². The Bertz CT molecular complexity index is 595. The zero-order valence-electron chi connectivity index (χ0n) is 9.97. The van der Waals surface area contributed by atoms with E-state index in [-0.39, 0.29) is 5.71 Å². The van der Waals surface area contributed by atoms with Crippen molar-refractivity contribution in [3.8, 4) is 5.75 Å². The summed E-state index contributed by atoms with van der Waals surface area (Å²) >= 11 is 0. The number of benzene rings is 1. The number of methoxy groups -OCH3 is 1. The second-order valence-corrected chi connectivity index (χ2v) is 3.84. The largest absolute Gasteiger partial charge is 0.495 e. The first-order valence-corrected chi connectivity index (χ1v) is 5.35. The van der Waals surface area contributed by atoms with Crippen LogP contribution in [0, 0.1) is 5.41 Å². The number of pyridine rings is 1. The molecule has 0 aliphatic heterocycles. The second-order valence-electron chi connectivity index (χ2n) is 3.84. The summed E-state index contributed by atoms with van der Waals surface area (Å²) in [4.78, 5) is 4.02. The molecule has 0 atom stereocenters. The van der Waals surface area contributed by atoms with Gasteiger partial charge in [-0.15, -0.1) is 0 Å². The Morgan fingerprint density at radius 2 is 2.00 bits per heavy atom. The Labute approximate surface area is 105 Å². The van der Waals surface area contributed by atoms with Crippen LogP contribution >= 0.6 is 0 Å². The predicted molar refractivity (Wildman–Crippen MR) is 72.0 cm³/mol. The quantitative estimate of drug-likeness (QED) is 0.563. The third-order valence-corrected chi connectivity index (χ3v) is 2.58. The van der Waals surface area contributed by atoms with Crippen molar-refractivity contribution < 1.29 is 4.74 Å². The van der Waals surface area contributed by atoms with Crippen LogP contribution in [0.5, 0.6) is 5.75 Å². The van der Waals surface area contributed by atoms with E-state index in [1.165, 1.54) is 0 Å². The summed E-state index contributed by atoms with van der Waals surface area (Å²) in [6, 6.07) is 6.80. The maximum Gasteiger partial charge on any atom is 0.137 e. The summed E-state index contributed by atoms with van der Waals surface area (Å²) in [5, 5.41) is 8.15. The standard InChI is InChI=1S/C13H14N4O/c1-18-10-4-8(6-17-7-10)13(16)11-5-9(14)2-3-12(11)15/h2-7,16H,14-15H2,1H3. The highest BCUT2D eigenvalue weighted by Crippen LogP contribution is 2.21. The van der Waals surface area contributed by atoms with Gasteiger partial charge in [0.15, 0.2) is 0 Å². The highest BCUT2D eigenvalue weighted by atomic mass is 16.5. The maximum absolute atomic E-state index is 8.15. The number of nitrogens with zero attached hydrogens (tertiary/aromatic N) is 1. The molecule has 5 nitrogen and oxygen atoms in total. The van der Waals surface area contributed by atoms with Crippen LogP contribution in [0.4, 0.5) is 11.4 Å². The van der Waals surface area contributed by atoms with Crippen LogP contribution in [0.3, 0.4) is 0 Å². The van der Waals surface area contributed by atoms with Crippen molar-refractivity contribution in [2.75, 3.05) is 18.6 Å². The third kappa shape index (κ3) is 2.24. The van der Waals surface area contributed by atoms with Crippen LogP contribution in [-0.4, -0.2) is 17.8 Å². The number of nitrogens with one attached hydrogen (secondary N) is 1. The maximum atomic E-state index is 8.15. The lowest BCUT2D eigenvalue weighted by molar-refractivity contribution is 0.413. The molecule has 18 heavy (non-hydrogen) atoms. The van der Waals surface area contributed by atoms with Gasteiger partial charge >= 0.3 is 0 Å². The summed E-state index contributed by atoms with van der Waals surface area (Å²) in [7, 11) is 1.55. The van der Waals surface area contributed by atoms with Gasteiger partial charge in [0.1, 0.15) is 5.75 Å². The Kier molecular flexibility index (Phi) is 3.14. The lowest BCUT2D eigenvalue weighted by Crippen LogP contribution is -2.07. The normalized spacial score (nSPS) is 10.1. The second kappa shape index (κ2) is 4.75. The molecule has 0 amide bonds. The molecular weight excluding hydrogens is 228 g/mol. The Morgan fingerprint density at radius 1 is 1.22 bits per heavy atom. The fraction of sp³-hybridized carbons (Fsp3) is 0.0769. The molecule has 0 radical (unpaired) electrons. The lowest BCUT2D eigenvalue weighted by atomic mass is 10.0. The molecule has 0 fully saturated rings. The number of anilines is 2. The van der Waals surface area contributed by atoms with E-state index in [4.69, 9.17) is 21.6 Å². The van der Waals surface area contributed by atoms with E-state index in [2.05, 4.69) is 4.98 Å². The van der Waals surface area contributed by atoms with Crippen LogP contribution < -0.4 is 16.2 Å². The van der Waals surface area contributed by atoms with Gasteiger partial charge in [-0.3, -0.25) is 10.4 Å². The van der Waals surface area contributed by atoms with Crippen molar-refractivity contribution in [3.63, 3.8) is 0 Å². The van der Waals surface area contributed by atoms with E-state index >= 15 is 0 Å². The summed E-state index contributed by atoms with van der Waals surface area (Å²) < 4.78 is 5.08. The minimum Gasteiger partial charge on any atom is -0.495 e. The van der Waals surface area contributed by atoms with Gasteiger partial charge in [-0.25, -0.2) is 0 Å². The van der Waals surface area contributed by atoms with Crippen molar-refractivity contribution in [1.29, 1.82) is 5.41 Å². The smallest absolute Gasteiger partial charge is 0.137 e. The average molecular weight is 242 g/mol. The first-order valence-electron chi connectivity index (χ1n) is 5.35. The van der Waals surface area contributed by atoms with E-state index in [1.54, 1.807) is 43.8 Å². The molecular formula is C13H14N4O. The Hall–Kier alpha value is -2.56. The molecule has 1 aromatic heterocycles. The van der Waals surface area contributed by atoms with Gasteiger partial charge < -0.3 is 16.2 Å². The van der Waals surface area contributed by atoms with Crippen molar-refractivity contribution in [2.24, 2.45) is 0 Å². The van der Waals surface area contributed by atoms with Crippen molar-refractivity contribution in [3.05, 3.63) is 47.8 Å². The van der Waals surface area contributed by atoms with E-state index < -0.39 is 0 Å². The molecule has 92 valence electrons. The van der Waals surface area contributed by atoms with Crippen molar-refractivity contribution >= 4 is 17.1 Å². The first-order chi connectivity index (χ1) is 8.61. The number of nitrogens with two attached hydrogens (primary N) is 2. The topological polar surface area (TPSA) is 98.0 Å². The first kappa shape index (κ1) is 11.9. The van der Waals surface area contributed by atoms with E-state index in [0.717, 1.165) is 0 Å². The van der Waals surface area contributed by atoms with E-state index in [1.807, 2.05) is 0 Å². The van der Waals surface area contributed by atoms with Crippen LogP contribution in [-0.2, 0) is 0 Å². The molecule has 2 aromatic rings. The molecule has 1 aromatic carbocycles. The monoisotopic (exact) mass is 242 g/mol. The predicted octanol–water partition coefficient (Wildman–Crippen LogP) is 1.67. The minimum absolute atomic E-state index is 0.270. The molecule has 0 saturated carbocycles. The molecule has 0 unspecified atom stereocenters. The molecule has 2 rings (SSSR count). The Balaban J connectivity index is 2.44. The van der Waals surface area contributed by atoms with Crippen molar-refractivity contribution in [1.82, 2.24) is 4.98 Å². The van der Waals surface area contributed by atoms with Crippen LogP contribution in [0.1, 0.15) is 11.1 Å². The fourth-order valence-electron chi connectivity index (χ4n) is 1.61. The number of nitrogen functional groups attached to an aromatic ring is 2. The summed E-state index contributed by atoms with van der Waals surface area (Å²) in [6.45, 7) is 0. The molecule has 0 aliphatic rings. The van der Waals surface area contributed by atoms with Gasteiger partial charge in [-0.1, -0.05) is 0 Å². The van der Waals surface area contributed by atoms with Gasteiger partial charge in [-0.2, -0.15) is 0 Å². The van der Waals surface area contributed by atoms with Gasteiger partial charge in [0.05, 0.1) is 19.0 Å². The molecule has 5 N–H and O–H groups in total.